The molecule has 3 aromatic carbocycles. The van der Waals surface area contributed by atoms with E-state index in [2.05, 4.69) is 5.32 Å². The lowest BCUT2D eigenvalue weighted by molar-refractivity contribution is -0.139. The Morgan fingerprint density at radius 3 is 2.23 bits per heavy atom. The lowest BCUT2D eigenvalue weighted by atomic mass is 10.1. The van der Waals surface area contributed by atoms with E-state index in [1.165, 1.54) is 24.1 Å². The molecule has 0 aliphatic rings. The number of anilines is 1. The summed E-state index contributed by atoms with van der Waals surface area (Å²) in [5.41, 5.74) is 1.96. The van der Waals surface area contributed by atoms with Gasteiger partial charge in [0.1, 0.15) is 18.3 Å². The largest absolute Gasteiger partial charge is 0.495 e. The van der Waals surface area contributed by atoms with Gasteiger partial charge in [-0.05, 0) is 50.1 Å². The fourth-order valence-corrected chi connectivity index (χ4v) is 5.51. The van der Waals surface area contributed by atoms with Crippen molar-refractivity contribution in [2.24, 2.45) is 0 Å². The molecule has 0 heterocycles. The van der Waals surface area contributed by atoms with Gasteiger partial charge in [-0.15, -0.1) is 0 Å². The lowest BCUT2D eigenvalue weighted by Gasteiger charge is -2.32. The van der Waals surface area contributed by atoms with Crippen LogP contribution in [0.1, 0.15) is 37.8 Å². The molecule has 1 atom stereocenters. The fourth-order valence-electron chi connectivity index (χ4n) is 4.09. The summed E-state index contributed by atoms with van der Waals surface area (Å²) in [4.78, 5) is 28.4. The molecule has 2 amide bonds. The van der Waals surface area contributed by atoms with Crippen LogP contribution in [0.25, 0.3) is 0 Å². The fraction of sp³-hybridized carbons (Fsp3) is 0.333. The predicted molar refractivity (Wildman–Crippen MR) is 153 cm³/mol. The zero-order valence-corrected chi connectivity index (χ0v) is 23.8. The summed E-state index contributed by atoms with van der Waals surface area (Å²) in [6.45, 7) is 5.68. The van der Waals surface area contributed by atoms with Gasteiger partial charge in [-0.2, -0.15) is 0 Å². The average molecular weight is 552 g/mol. The minimum atomic E-state index is -4.16. The van der Waals surface area contributed by atoms with E-state index in [1.807, 2.05) is 44.2 Å². The van der Waals surface area contributed by atoms with Crippen molar-refractivity contribution < 1.29 is 22.7 Å². The van der Waals surface area contributed by atoms with Crippen molar-refractivity contribution in [1.29, 1.82) is 0 Å². The van der Waals surface area contributed by atoms with Gasteiger partial charge < -0.3 is 15.0 Å². The number of rotatable bonds is 13. The Kier molecular flexibility index (Phi) is 10.5. The number of hydrogen-bond acceptors (Lipinski definition) is 5. The number of para-hydroxylation sites is 2. The Morgan fingerprint density at radius 1 is 0.949 bits per heavy atom. The van der Waals surface area contributed by atoms with Gasteiger partial charge >= 0.3 is 0 Å². The van der Waals surface area contributed by atoms with Crippen LogP contribution in [0.4, 0.5) is 5.69 Å². The SMILES string of the molecule is CCCCNC(=O)C(C)N(Cc1ccccc1)C(=O)CN(c1ccccc1OC)S(=O)(=O)c1ccc(C)cc1. The minimum absolute atomic E-state index is 0.0479. The van der Waals surface area contributed by atoms with Crippen LogP contribution in [-0.4, -0.2) is 51.4 Å². The Hall–Kier alpha value is -3.85. The lowest BCUT2D eigenvalue weighted by Crippen LogP contribution is -2.51. The van der Waals surface area contributed by atoms with Crippen LogP contribution >= 0.6 is 0 Å². The summed E-state index contributed by atoms with van der Waals surface area (Å²) in [7, 11) is -2.72. The van der Waals surface area contributed by atoms with Gasteiger partial charge in [-0.1, -0.05) is 73.5 Å². The normalized spacial score (nSPS) is 11.9. The van der Waals surface area contributed by atoms with Crippen molar-refractivity contribution in [3.05, 3.63) is 90.0 Å². The van der Waals surface area contributed by atoms with E-state index in [9.17, 15) is 18.0 Å². The average Bonchev–Trinajstić information content (AvgIpc) is 2.95. The smallest absolute Gasteiger partial charge is 0.264 e. The number of amides is 2. The highest BCUT2D eigenvalue weighted by Crippen LogP contribution is 2.32. The monoisotopic (exact) mass is 551 g/mol. The minimum Gasteiger partial charge on any atom is -0.495 e. The number of methoxy groups -OCH3 is 1. The molecule has 1 N–H and O–H groups in total. The molecular weight excluding hydrogens is 514 g/mol. The third-order valence-corrected chi connectivity index (χ3v) is 8.21. The van der Waals surface area contributed by atoms with Crippen molar-refractivity contribution in [1.82, 2.24) is 10.2 Å². The third-order valence-electron chi connectivity index (χ3n) is 6.43. The molecule has 8 nitrogen and oxygen atoms in total. The Bertz CT molecular complexity index is 1340. The molecule has 0 aliphatic carbocycles. The molecule has 0 aromatic heterocycles. The molecule has 0 saturated carbocycles. The molecule has 0 fully saturated rings. The standard InChI is InChI=1S/C30H37N3O5S/c1-5-6-20-31-30(35)24(3)32(21-25-12-8-7-9-13-25)29(34)22-33(27-14-10-11-15-28(27)38-4)39(36,37)26-18-16-23(2)17-19-26/h7-19,24H,5-6,20-22H2,1-4H3,(H,31,35). The Morgan fingerprint density at radius 2 is 1.59 bits per heavy atom. The van der Waals surface area contributed by atoms with Crippen LogP contribution in [-0.2, 0) is 26.2 Å². The maximum absolute atomic E-state index is 13.9. The second-order valence-electron chi connectivity index (χ2n) is 9.32. The highest BCUT2D eigenvalue weighted by Gasteiger charge is 2.33. The summed E-state index contributed by atoms with van der Waals surface area (Å²) in [6, 6.07) is 21.6. The van der Waals surface area contributed by atoms with E-state index in [1.54, 1.807) is 43.3 Å². The highest BCUT2D eigenvalue weighted by molar-refractivity contribution is 7.92. The first-order valence-corrected chi connectivity index (χ1v) is 14.5. The van der Waals surface area contributed by atoms with Crippen LogP contribution < -0.4 is 14.4 Å². The van der Waals surface area contributed by atoms with Crippen molar-refractivity contribution in [3.63, 3.8) is 0 Å². The maximum Gasteiger partial charge on any atom is 0.264 e. The molecule has 0 radical (unpaired) electrons. The molecule has 208 valence electrons. The van der Waals surface area contributed by atoms with Crippen LogP contribution in [0.5, 0.6) is 5.75 Å². The first kappa shape index (κ1) is 29.7. The quantitative estimate of drug-likeness (QED) is 0.315. The zero-order valence-electron chi connectivity index (χ0n) is 23.0. The van der Waals surface area contributed by atoms with Gasteiger partial charge in [-0.3, -0.25) is 13.9 Å². The molecule has 9 heteroatoms. The van der Waals surface area contributed by atoms with Gasteiger partial charge in [0.05, 0.1) is 17.7 Å². The topological polar surface area (TPSA) is 96.0 Å². The number of sulfonamides is 1. The van der Waals surface area contributed by atoms with Crippen molar-refractivity contribution in [2.75, 3.05) is 24.5 Å². The zero-order chi connectivity index (χ0) is 28.4. The van der Waals surface area contributed by atoms with Gasteiger partial charge in [-0.25, -0.2) is 8.42 Å². The first-order valence-electron chi connectivity index (χ1n) is 13.0. The molecule has 3 aromatic rings. The molecule has 0 aliphatic heterocycles. The van der Waals surface area contributed by atoms with E-state index in [-0.39, 0.29) is 23.0 Å². The van der Waals surface area contributed by atoms with Gasteiger partial charge in [0.25, 0.3) is 10.0 Å². The van der Waals surface area contributed by atoms with Gasteiger partial charge in [0, 0.05) is 13.1 Å². The first-order chi connectivity index (χ1) is 18.7. The van der Waals surface area contributed by atoms with Crippen LogP contribution in [0.15, 0.2) is 83.8 Å². The predicted octanol–water partition coefficient (Wildman–Crippen LogP) is 4.53. The van der Waals surface area contributed by atoms with Gasteiger partial charge in [0.15, 0.2) is 0 Å². The van der Waals surface area contributed by atoms with Crippen LogP contribution in [0, 0.1) is 6.92 Å². The molecule has 0 saturated heterocycles. The summed E-state index contributed by atoms with van der Waals surface area (Å²) in [6.07, 6.45) is 1.74. The Labute approximate surface area is 231 Å². The number of nitrogens with one attached hydrogen (secondary N) is 1. The van der Waals surface area contributed by atoms with E-state index in [4.69, 9.17) is 4.74 Å². The molecule has 0 spiro atoms. The summed E-state index contributed by atoms with van der Waals surface area (Å²) < 4.78 is 34.4. The number of benzene rings is 3. The van der Waals surface area contributed by atoms with Gasteiger partial charge in [0.2, 0.25) is 11.8 Å². The molecular formula is C30H37N3O5S. The summed E-state index contributed by atoms with van der Waals surface area (Å²) in [5, 5.41) is 2.88. The molecule has 1 unspecified atom stereocenters. The van der Waals surface area contributed by atoms with E-state index < -0.39 is 28.5 Å². The Balaban J connectivity index is 2.02. The number of hydrogen-bond donors (Lipinski definition) is 1. The maximum atomic E-state index is 13.9. The number of nitrogens with zero attached hydrogens (tertiary/aromatic N) is 2. The molecule has 39 heavy (non-hydrogen) atoms. The number of ether oxygens (including phenoxy) is 1. The highest BCUT2D eigenvalue weighted by atomic mass is 32.2. The van der Waals surface area contributed by atoms with Crippen molar-refractivity contribution in [3.8, 4) is 5.75 Å². The van der Waals surface area contributed by atoms with E-state index >= 15 is 0 Å². The third kappa shape index (κ3) is 7.60. The molecule has 0 bridgehead atoms. The number of carbonyl (C=O) groups is 2. The van der Waals surface area contributed by atoms with E-state index in [0.717, 1.165) is 28.3 Å². The number of carbonyl (C=O) groups excluding carboxylic acids is 2. The number of unbranched alkanes of at least 4 members (excludes halogenated alkanes) is 1. The second-order valence-corrected chi connectivity index (χ2v) is 11.2. The van der Waals surface area contributed by atoms with Crippen molar-refractivity contribution in [2.45, 2.75) is 51.1 Å². The van der Waals surface area contributed by atoms with Crippen molar-refractivity contribution >= 4 is 27.5 Å². The van der Waals surface area contributed by atoms with E-state index in [0.29, 0.717) is 12.3 Å². The molecule has 3 rings (SSSR count). The van der Waals surface area contributed by atoms with Crippen LogP contribution in [0.3, 0.4) is 0 Å². The second kappa shape index (κ2) is 13.8. The number of aryl methyl sites for hydroxylation is 1. The summed E-state index contributed by atoms with van der Waals surface area (Å²) >= 11 is 0. The van der Waals surface area contributed by atoms with Crippen LogP contribution in [0.2, 0.25) is 0 Å². The summed E-state index contributed by atoms with van der Waals surface area (Å²) in [5.74, 6) is -0.502.